The number of hydrogen-bond acceptors (Lipinski definition) is 4. The van der Waals surface area contributed by atoms with Crippen molar-refractivity contribution in [1.82, 2.24) is 14.9 Å². The lowest BCUT2D eigenvalue weighted by Crippen LogP contribution is -2.29. The van der Waals surface area contributed by atoms with Gasteiger partial charge in [-0.25, -0.2) is 4.98 Å². The summed E-state index contributed by atoms with van der Waals surface area (Å²) in [7, 11) is 2.19. The topological polar surface area (TPSA) is 41.1 Å². The average molecular weight is 441 g/mol. The number of aromatic nitrogens is 2. The van der Waals surface area contributed by atoms with Crippen LogP contribution >= 0.6 is 0 Å². The van der Waals surface area contributed by atoms with Crippen LogP contribution in [0.3, 0.4) is 0 Å². The van der Waals surface area contributed by atoms with E-state index >= 15 is 0 Å². The van der Waals surface area contributed by atoms with Gasteiger partial charge in [-0.15, -0.1) is 0 Å². The second-order valence-electron chi connectivity index (χ2n) is 8.55. The van der Waals surface area contributed by atoms with Gasteiger partial charge in [0.1, 0.15) is 5.82 Å². The molecule has 5 rings (SSSR count). The minimum absolute atomic E-state index is 0. The van der Waals surface area contributed by atoms with Crippen molar-refractivity contribution >= 4 is 28.0 Å². The number of anilines is 1. The molecule has 3 heterocycles. The van der Waals surface area contributed by atoms with Gasteiger partial charge in [0.15, 0.2) is 0 Å². The zero-order valence-electron chi connectivity index (χ0n) is 20.0. The van der Waals surface area contributed by atoms with Gasteiger partial charge < -0.3 is 10.2 Å². The molecule has 4 heteroatoms. The maximum absolute atomic E-state index is 4.85. The number of rotatable bonds is 5. The number of nitrogens with one attached hydrogen (secondary N) is 1. The van der Waals surface area contributed by atoms with Crippen LogP contribution in [0.1, 0.15) is 57.3 Å². The van der Waals surface area contributed by atoms with Gasteiger partial charge in [-0.2, -0.15) is 0 Å². The van der Waals surface area contributed by atoms with Crippen LogP contribution in [-0.4, -0.2) is 35.0 Å². The molecule has 1 fully saturated rings. The maximum Gasteiger partial charge on any atom is 0.131 e. The Balaban J connectivity index is 0.00000105. The molecule has 1 saturated heterocycles. The van der Waals surface area contributed by atoms with Gasteiger partial charge in [0, 0.05) is 35.9 Å². The van der Waals surface area contributed by atoms with E-state index in [-0.39, 0.29) is 1.43 Å². The predicted octanol–water partition coefficient (Wildman–Crippen LogP) is 7.14. The molecule has 4 nitrogen and oxygen atoms in total. The van der Waals surface area contributed by atoms with Crippen LogP contribution in [0.25, 0.3) is 22.2 Å². The summed E-state index contributed by atoms with van der Waals surface area (Å²) in [6, 6.07) is 14.8. The number of hydrogen-bond donors (Lipinski definition) is 1. The zero-order chi connectivity index (χ0) is 23.2. The van der Waals surface area contributed by atoms with Crippen LogP contribution in [0.4, 0.5) is 5.82 Å². The van der Waals surface area contributed by atoms with Crippen molar-refractivity contribution in [2.45, 2.75) is 39.0 Å². The van der Waals surface area contributed by atoms with Gasteiger partial charge >= 0.3 is 0 Å². The first-order valence-corrected chi connectivity index (χ1v) is 12.0. The van der Waals surface area contributed by atoms with Gasteiger partial charge in [0.25, 0.3) is 0 Å². The molecule has 0 spiro atoms. The zero-order valence-corrected chi connectivity index (χ0v) is 20.0. The van der Waals surface area contributed by atoms with Crippen molar-refractivity contribution in [3.63, 3.8) is 0 Å². The Hall–Kier alpha value is -3.24. The lowest BCUT2D eigenvalue weighted by atomic mass is 9.92. The van der Waals surface area contributed by atoms with E-state index in [2.05, 4.69) is 77.4 Å². The summed E-state index contributed by atoms with van der Waals surface area (Å²) in [6.07, 6.45) is 11.8. The van der Waals surface area contributed by atoms with Gasteiger partial charge in [0.2, 0.25) is 0 Å². The normalized spacial score (nSPS) is 16.3. The number of fused-ring (bicyclic) bond motifs is 1. The van der Waals surface area contributed by atoms with Gasteiger partial charge in [0.05, 0.1) is 5.52 Å². The molecule has 1 N–H and O–H groups in total. The molecule has 0 amide bonds. The minimum Gasteiger partial charge on any atom is -0.340 e. The highest BCUT2D eigenvalue weighted by molar-refractivity contribution is 5.87. The Morgan fingerprint density at radius 1 is 1.09 bits per heavy atom. The quantitative estimate of drug-likeness (QED) is 0.458. The summed E-state index contributed by atoms with van der Waals surface area (Å²) in [5, 5.41) is 4.54. The summed E-state index contributed by atoms with van der Waals surface area (Å²) in [5.41, 5.74) is 6.55. The van der Waals surface area contributed by atoms with Crippen LogP contribution in [0.2, 0.25) is 0 Å². The first-order chi connectivity index (χ1) is 16.2. The fraction of sp³-hybridized carbons (Fsp3) is 0.310. The molecular formula is C29H36N4. The van der Waals surface area contributed by atoms with E-state index in [0.29, 0.717) is 5.92 Å². The minimum atomic E-state index is 0. The second-order valence-corrected chi connectivity index (χ2v) is 8.55. The molecule has 172 valence electrons. The van der Waals surface area contributed by atoms with Gasteiger partial charge in [-0.1, -0.05) is 50.8 Å². The Bertz CT molecular complexity index is 1190. The number of nitrogens with zero attached hydrogens (tertiary/aromatic N) is 3. The number of allylic oxidation sites excluding steroid dienone is 4. The summed E-state index contributed by atoms with van der Waals surface area (Å²) < 4.78 is 0. The fourth-order valence-electron chi connectivity index (χ4n) is 4.43. The van der Waals surface area contributed by atoms with E-state index in [1.165, 1.54) is 16.8 Å². The third kappa shape index (κ3) is 5.40. The van der Waals surface area contributed by atoms with E-state index < -0.39 is 0 Å². The largest absolute Gasteiger partial charge is 0.340 e. The van der Waals surface area contributed by atoms with E-state index in [4.69, 9.17) is 4.98 Å². The second kappa shape index (κ2) is 10.6. The third-order valence-corrected chi connectivity index (χ3v) is 6.34. The number of benzene rings is 1. The van der Waals surface area contributed by atoms with Crippen LogP contribution in [0.15, 0.2) is 73.5 Å². The Labute approximate surface area is 199 Å². The molecular weight excluding hydrogens is 404 g/mol. The van der Waals surface area contributed by atoms with Gasteiger partial charge in [-0.3, -0.25) is 4.98 Å². The highest BCUT2D eigenvalue weighted by Gasteiger charge is 2.20. The van der Waals surface area contributed by atoms with Crippen molar-refractivity contribution in [2.24, 2.45) is 0 Å². The van der Waals surface area contributed by atoms with Crippen molar-refractivity contribution in [2.75, 3.05) is 25.5 Å². The fourth-order valence-corrected chi connectivity index (χ4v) is 4.43. The highest BCUT2D eigenvalue weighted by atomic mass is 15.1. The summed E-state index contributed by atoms with van der Waals surface area (Å²) in [6.45, 7) is 10.5. The average Bonchev–Trinajstić information content (AvgIpc) is 3.40. The van der Waals surface area contributed by atoms with E-state index in [9.17, 15) is 0 Å². The van der Waals surface area contributed by atoms with Crippen molar-refractivity contribution in [1.29, 1.82) is 0 Å². The molecule has 0 atom stereocenters. The number of pyridine rings is 2. The van der Waals surface area contributed by atoms with Crippen LogP contribution in [0, 0.1) is 0 Å². The first kappa shape index (κ1) is 22.9. The highest BCUT2D eigenvalue weighted by Crippen LogP contribution is 2.29. The Morgan fingerprint density at radius 2 is 1.88 bits per heavy atom. The molecule has 0 radical (unpaired) electrons. The molecule has 33 heavy (non-hydrogen) atoms. The molecule has 2 aromatic heterocycles. The summed E-state index contributed by atoms with van der Waals surface area (Å²) in [4.78, 5) is 11.9. The first-order valence-electron chi connectivity index (χ1n) is 12.0. The Morgan fingerprint density at radius 3 is 2.64 bits per heavy atom. The van der Waals surface area contributed by atoms with Crippen molar-refractivity contribution in [3.8, 4) is 0 Å². The molecule has 1 aliphatic carbocycles. The monoisotopic (exact) mass is 440 g/mol. The smallest absolute Gasteiger partial charge is 0.131 e. The van der Waals surface area contributed by atoms with Crippen molar-refractivity contribution in [3.05, 3.63) is 90.3 Å². The lowest BCUT2D eigenvalue weighted by molar-refractivity contribution is 0.253. The SMILES string of the molecule is C=C(Nc1ccc2ccc(C3=CCC=C3)cc2n1)c1ccnc(C2CCN(C)CC2)c1.CC.[HH]. The number of piperidine rings is 1. The summed E-state index contributed by atoms with van der Waals surface area (Å²) >= 11 is 0. The Kier molecular flexibility index (Phi) is 7.36. The molecule has 3 aromatic rings. The van der Waals surface area contributed by atoms with E-state index in [1.54, 1.807) is 0 Å². The lowest BCUT2D eigenvalue weighted by Gasteiger charge is -2.28. The third-order valence-electron chi connectivity index (χ3n) is 6.34. The standard InChI is InChI=1S/C27H28N4.C2H6.H2/c1-19(23-11-14-28-25(17-23)22-12-15-31(2)16-13-22)29-27-10-9-21-7-8-24(18-26(21)30-27)20-5-3-4-6-20;1-2;/h3,5-11,14,17-18,22H,1,4,12-13,15-16H2,2H3,(H,29,30);1-2H3;1H. The van der Waals surface area contributed by atoms with Crippen LogP contribution in [-0.2, 0) is 0 Å². The molecule has 1 aromatic carbocycles. The van der Waals surface area contributed by atoms with Gasteiger partial charge in [-0.05, 0) is 80.9 Å². The maximum atomic E-state index is 4.85. The predicted molar refractivity (Wildman–Crippen MR) is 143 cm³/mol. The van der Waals surface area contributed by atoms with E-state index in [1.807, 2.05) is 32.2 Å². The molecule has 1 aliphatic heterocycles. The van der Waals surface area contributed by atoms with E-state index in [0.717, 1.165) is 60.3 Å². The summed E-state index contributed by atoms with van der Waals surface area (Å²) in [5.74, 6) is 1.34. The van der Waals surface area contributed by atoms with Crippen molar-refractivity contribution < 1.29 is 1.43 Å². The number of likely N-dealkylation sites (tertiary alicyclic amines) is 1. The van der Waals surface area contributed by atoms with Crippen LogP contribution < -0.4 is 5.32 Å². The molecule has 0 unspecified atom stereocenters. The molecule has 0 saturated carbocycles. The molecule has 2 aliphatic rings. The molecule has 0 bridgehead atoms. The van der Waals surface area contributed by atoms with Crippen LogP contribution in [0.5, 0.6) is 0 Å².